The maximum absolute atomic E-state index is 2.28. The van der Waals surface area contributed by atoms with Gasteiger partial charge in [0.1, 0.15) is 0 Å². The summed E-state index contributed by atoms with van der Waals surface area (Å²) in [6.45, 7) is 0. The van der Waals surface area contributed by atoms with Gasteiger partial charge in [0.05, 0.1) is 0 Å². The van der Waals surface area contributed by atoms with Gasteiger partial charge in [0.2, 0.25) is 0 Å². The van der Waals surface area contributed by atoms with Gasteiger partial charge in [-0.3, -0.25) is 0 Å². The third-order valence-electron chi connectivity index (χ3n) is 0. The molecule has 0 bridgehead atoms. The van der Waals surface area contributed by atoms with Crippen LogP contribution in [0.15, 0.2) is 0 Å². The average molecular weight is 331 g/mol. The van der Waals surface area contributed by atoms with E-state index in [1.165, 1.54) is 0 Å². The second kappa shape index (κ2) is 18.9. The fraction of sp³-hybridized carbons (Fsp3) is 0. The molecule has 0 nitrogen and oxygen atoms in total. The SMILES string of the molecule is [AlH3].[BH2][Au].[Zr]. The van der Waals surface area contributed by atoms with Crippen molar-refractivity contribution in [1.82, 2.24) is 0 Å². The zero-order chi connectivity index (χ0) is 2.00. The normalized spacial score (nSPS) is 1.50. The molecule has 0 rings (SSSR count). The first-order valence-corrected chi connectivity index (χ1v) is 2.47. The number of hydrogen-bond acceptors (Lipinski definition) is 0. The molecule has 0 aromatic heterocycles. The molecular formula is H5AlAuBZr. The first-order valence-electron chi connectivity index (χ1n) is 0.302. The molecule has 0 radical (unpaired) electrons. The smallest absolute Gasteiger partial charge is 0 e. The van der Waals surface area contributed by atoms with E-state index in [1.807, 2.05) is 5.93 Å². The molecule has 0 fully saturated rings. The van der Waals surface area contributed by atoms with Crippen LogP contribution in [0.5, 0.6) is 0 Å². The van der Waals surface area contributed by atoms with E-state index in [4.69, 9.17) is 0 Å². The van der Waals surface area contributed by atoms with Crippen LogP contribution in [0.25, 0.3) is 0 Å². The molecule has 0 aromatic rings. The predicted molar refractivity (Wildman–Crippen MR) is 18.5 cm³/mol. The third kappa shape index (κ3) is 8.88. The van der Waals surface area contributed by atoms with Gasteiger partial charge in [-0.25, -0.2) is 0 Å². The zero-order valence-corrected chi connectivity index (χ0v) is 6.43. The molecule has 0 unspecified atom stereocenters. The Kier molecular flexibility index (Phi) is 77.1. The second-order valence-electron chi connectivity index (χ2n) is 0. The summed E-state index contributed by atoms with van der Waals surface area (Å²) < 4.78 is 0. The molecule has 4 heteroatoms. The van der Waals surface area contributed by atoms with E-state index in [0.717, 1.165) is 0 Å². The van der Waals surface area contributed by atoms with E-state index in [9.17, 15) is 0 Å². The third-order valence-corrected chi connectivity index (χ3v) is 0. The van der Waals surface area contributed by atoms with Gasteiger partial charge in [-0.1, -0.05) is 0 Å². The summed E-state index contributed by atoms with van der Waals surface area (Å²) in [7, 11) is 0. The van der Waals surface area contributed by atoms with Crippen molar-refractivity contribution < 1.29 is 47.1 Å². The molecule has 0 amide bonds. The van der Waals surface area contributed by atoms with Crippen molar-refractivity contribution in [2.24, 2.45) is 0 Å². The van der Waals surface area contributed by atoms with Crippen molar-refractivity contribution in [2.75, 3.05) is 0 Å². The van der Waals surface area contributed by atoms with Crippen LogP contribution in [-0.4, -0.2) is 23.3 Å². The van der Waals surface area contributed by atoms with Gasteiger partial charge < -0.3 is 0 Å². The fourth-order valence-electron chi connectivity index (χ4n) is 0. The van der Waals surface area contributed by atoms with Crippen molar-refractivity contribution in [2.45, 2.75) is 0 Å². The van der Waals surface area contributed by atoms with Crippen molar-refractivity contribution in [3.8, 4) is 0 Å². The summed E-state index contributed by atoms with van der Waals surface area (Å²) in [6.07, 6.45) is 0. The minimum atomic E-state index is 0. The van der Waals surface area contributed by atoms with Gasteiger partial charge in [-0.2, -0.15) is 0 Å². The number of hydrogen-bond donors (Lipinski definition) is 0. The topological polar surface area (TPSA) is 0 Å². The van der Waals surface area contributed by atoms with Crippen molar-refractivity contribution in [1.29, 1.82) is 0 Å². The molecule has 26 valence electrons. The summed E-state index contributed by atoms with van der Waals surface area (Å²) in [6, 6.07) is 0. The van der Waals surface area contributed by atoms with Gasteiger partial charge in [0.25, 0.3) is 0 Å². The molecule has 0 aliphatic carbocycles. The van der Waals surface area contributed by atoms with E-state index < -0.39 is 0 Å². The molecule has 0 saturated carbocycles. The van der Waals surface area contributed by atoms with Gasteiger partial charge in [-0.05, 0) is 0 Å². The van der Waals surface area contributed by atoms with Crippen LogP contribution >= 0.6 is 0 Å². The largest absolute Gasteiger partial charge is 0 e. The Hall–Kier alpha value is 2.22. The molecule has 0 spiro atoms. The van der Waals surface area contributed by atoms with Gasteiger partial charge in [0, 0.05) is 26.2 Å². The molecule has 0 aliphatic heterocycles. The molecule has 0 N–H and O–H groups in total. The Morgan fingerprint density at radius 3 is 1.25 bits per heavy atom. The van der Waals surface area contributed by atoms with Crippen molar-refractivity contribution in [3.05, 3.63) is 0 Å². The van der Waals surface area contributed by atoms with E-state index >= 15 is 0 Å². The molecule has 0 aromatic carbocycles. The summed E-state index contributed by atoms with van der Waals surface area (Å²) in [5, 5.41) is 0. The zero-order valence-electron chi connectivity index (χ0n) is 1.80. The minimum absolute atomic E-state index is 0. The van der Waals surface area contributed by atoms with E-state index in [-0.39, 0.29) is 43.6 Å². The second-order valence-corrected chi connectivity index (χ2v) is 0. The van der Waals surface area contributed by atoms with Crippen molar-refractivity contribution in [3.63, 3.8) is 0 Å². The molecular weight excluding hydrogens is 326 g/mol. The van der Waals surface area contributed by atoms with E-state index in [2.05, 4.69) is 20.9 Å². The summed E-state index contributed by atoms with van der Waals surface area (Å²) >= 11 is 2.28. The Morgan fingerprint density at radius 1 is 1.25 bits per heavy atom. The average Bonchev–Trinajstić information content (AvgIpc) is 1.00. The van der Waals surface area contributed by atoms with E-state index in [1.54, 1.807) is 0 Å². The maximum Gasteiger partial charge on any atom is 0 e. The summed E-state index contributed by atoms with van der Waals surface area (Å²) in [4.78, 5) is 0. The first-order chi connectivity index (χ1) is 1.00. The Bertz CT molecular complexity index is 8.00. The van der Waals surface area contributed by atoms with Crippen LogP contribution in [0.3, 0.4) is 0 Å². The Morgan fingerprint density at radius 2 is 1.25 bits per heavy atom. The monoisotopic (exact) mass is 330 g/mol. The standard InChI is InChI=1S/Al.Au.BH2.Zr.3H/h;;1H2;;;;/q;-1;+1;;;;. The van der Waals surface area contributed by atoms with Gasteiger partial charge in [-0.15, -0.1) is 0 Å². The molecule has 0 aliphatic rings. The van der Waals surface area contributed by atoms with Crippen LogP contribution in [0, 0.1) is 0 Å². The first kappa shape index (κ1) is 16.3. The molecule has 0 atom stereocenters. The number of rotatable bonds is 0. The molecule has 4 heavy (non-hydrogen) atoms. The van der Waals surface area contributed by atoms with E-state index in [0.29, 0.717) is 0 Å². The van der Waals surface area contributed by atoms with Crippen LogP contribution in [0.4, 0.5) is 0 Å². The summed E-state index contributed by atoms with van der Waals surface area (Å²) in [5.74, 6) is 1.94. The Balaban J connectivity index is -0.00000000500. The quantitative estimate of drug-likeness (QED) is 0.446. The van der Waals surface area contributed by atoms with Gasteiger partial charge in [0.15, 0.2) is 17.4 Å². The Labute approximate surface area is 69.4 Å². The minimum Gasteiger partial charge on any atom is 0 e. The molecule has 0 saturated heterocycles. The molecule has 0 heterocycles. The predicted octanol–water partition coefficient (Wildman–Crippen LogP) is -2.11. The van der Waals surface area contributed by atoms with Crippen LogP contribution in [0.1, 0.15) is 0 Å². The maximum atomic E-state index is 2.28. The van der Waals surface area contributed by atoms with Crippen molar-refractivity contribution >= 4 is 23.3 Å². The van der Waals surface area contributed by atoms with Crippen LogP contribution in [-0.2, 0) is 47.1 Å². The fourth-order valence-corrected chi connectivity index (χ4v) is 0. The van der Waals surface area contributed by atoms with Crippen LogP contribution < -0.4 is 0 Å². The van der Waals surface area contributed by atoms with Crippen LogP contribution in [0.2, 0.25) is 0 Å². The summed E-state index contributed by atoms with van der Waals surface area (Å²) in [5.41, 5.74) is 0. The van der Waals surface area contributed by atoms with Gasteiger partial charge >= 0.3 is 26.8 Å².